The Kier molecular flexibility index (Phi) is 3.07. The Labute approximate surface area is 95.5 Å². The van der Waals surface area contributed by atoms with Gasteiger partial charge in [-0.25, -0.2) is 0 Å². The molecule has 0 aliphatic heterocycles. The third-order valence-electron chi connectivity index (χ3n) is 2.74. The maximum atomic E-state index is 8.83. The maximum absolute atomic E-state index is 8.83. The van der Waals surface area contributed by atoms with Crippen molar-refractivity contribution in [3.8, 4) is 11.8 Å². The molecule has 0 saturated heterocycles. The fraction of sp³-hybridized carbons (Fsp3) is 0.214. The molecule has 80 valence electrons. The maximum Gasteiger partial charge on any atom is 0.123 e. The zero-order valence-corrected chi connectivity index (χ0v) is 9.18. The van der Waals surface area contributed by atoms with Crippen molar-refractivity contribution in [2.75, 3.05) is 7.11 Å². The monoisotopic (exact) mass is 211 g/mol. The average Bonchev–Trinajstić information content (AvgIpc) is 2.39. The Morgan fingerprint density at radius 2 is 2.25 bits per heavy atom. The summed E-state index contributed by atoms with van der Waals surface area (Å²) in [4.78, 5) is 0. The molecule has 0 amide bonds. The molecule has 2 rings (SSSR count). The molecule has 0 radical (unpaired) electrons. The van der Waals surface area contributed by atoms with E-state index in [9.17, 15) is 0 Å². The number of hydrogen-bond donors (Lipinski definition) is 0. The molecule has 0 spiro atoms. The summed E-state index contributed by atoms with van der Waals surface area (Å²) in [6.45, 7) is 0. The first-order valence-corrected chi connectivity index (χ1v) is 5.26. The highest BCUT2D eigenvalue weighted by molar-refractivity contribution is 5.46. The number of methoxy groups -OCH3 is 1. The summed E-state index contributed by atoms with van der Waals surface area (Å²) < 4.78 is 5.33. The van der Waals surface area contributed by atoms with Crippen LogP contribution in [-0.4, -0.2) is 7.11 Å². The fourth-order valence-corrected chi connectivity index (χ4v) is 1.90. The van der Waals surface area contributed by atoms with Gasteiger partial charge >= 0.3 is 0 Å². The Hall–Kier alpha value is -2.01. The largest absolute Gasteiger partial charge is 0.496 e. The smallest absolute Gasteiger partial charge is 0.123 e. The van der Waals surface area contributed by atoms with Crippen molar-refractivity contribution in [1.82, 2.24) is 0 Å². The van der Waals surface area contributed by atoms with Crippen molar-refractivity contribution < 1.29 is 4.74 Å². The van der Waals surface area contributed by atoms with Gasteiger partial charge in [-0.3, -0.25) is 0 Å². The van der Waals surface area contributed by atoms with E-state index in [-0.39, 0.29) is 0 Å². The highest BCUT2D eigenvalue weighted by atomic mass is 16.5. The van der Waals surface area contributed by atoms with Crippen LogP contribution in [0.5, 0.6) is 5.75 Å². The van der Waals surface area contributed by atoms with Gasteiger partial charge in [-0.15, -0.1) is 0 Å². The van der Waals surface area contributed by atoms with E-state index in [1.807, 2.05) is 24.3 Å². The standard InChI is InChI=1S/C14H13NO/c1-16-14-9-11(10-15)7-8-13(14)12-5-3-2-4-6-12/h2-5,7-9,12H,6H2,1H3. The second-order valence-corrected chi connectivity index (χ2v) is 3.72. The molecule has 0 saturated carbocycles. The summed E-state index contributed by atoms with van der Waals surface area (Å²) in [6, 6.07) is 7.73. The van der Waals surface area contributed by atoms with Crippen molar-refractivity contribution >= 4 is 0 Å². The quantitative estimate of drug-likeness (QED) is 0.752. The summed E-state index contributed by atoms with van der Waals surface area (Å²) >= 11 is 0. The van der Waals surface area contributed by atoms with Gasteiger partial charge < -0.3 is 4.74 Å². The Balaban J connectivity index is 2.37. The highest BCUT2D eigenvalue weighted by Gasteiger charge is 2.13. The normalized spacial score (nSPS) is 18.1. The predicted octanol–water partition coefficient (Wildman–Crippen LogP) is 3.17. The molecule has 1 aliphatic carbocycles. The first-order valence-electron chi connectivity index (χ1n) is 5.26. The molecule has 1 aromatic carbocycles. The molecular weight excluding hydrogens is 198 g/mol. The summed E-state index contributed by atoms with van der Waals surface area (Å²) in [5.74, 6) is 1.15. The van der Waals surface area contributed by atoms with Gasteiger partial charge in [0.1, 0.15) is 5.75 Å². The molecule has 2 nitrogen and oxygen atoms in total. The molecule has 0 heterocycles. The summed E-state index contributed by atoms with van der Waals surface area (Å²) in [5.41, 5.74) is 1.78. The van der Waals surface area contributed by atoms with Crippen LogP contribution in [0.1, 0.15) is 23.5 Å². The minimum atomic E-state index is 0.354. The van der Waals surface area contributed by atoms with Crippen LogP contribution >= 0.6 is 0 Å². The van der Waals surface area contributed by atoms with E-state index < -0.39 is 0 Å². The molecular formula is C14H13NO. The Bertz CT molecular complexity index is 480. The predicted molar refractivity (Wildman–Crippen MR) is 63.3 cm³/mol. The number of hydrogen-bond acceptors (Lipinski definition) is 2. The van der Waals surface area contributed by atoms with Crippen LogP contribution in [0, 0.1) is 11.3 Å². The van der Waals surface area contributed by atoms with Crippen molar-refractivity contribution in [2.24, 2.45) is 0 Å². The van der Waals surface area contributed by atoms with E-state index in [1.165, 1.54) is 0 Å². The van der Waals surface area contributed by atoms with Crippen molar-refractivity contribution in [1.29, 1.82) is 5.26 Å². The Morgan fingerprint density at radius 3 is 2.88 bits per heavy atom. The highest BCUT2D eigenvalue weighted by Crippen LogP contribution is 2.32. The molecule has 1 unspecified atom stereocenters. The van der Waals surface area contributed by atoms with E-state index in [0.717, 1.165) is 17.7 Å². The molecule has 1 aliphatic rings. The zero-order chi connectivity index (χ0) is 11.4. The van der Waals surface area contributed by atoms with Crippen LogP contribution in [0.15, 0.2) is 42.5 Å². The lowest BCUT2D eigenvalue weighted by atomic mass is 9.91. The molecule has 0 aromatic heterocycles. The van der Waals surface area contributed by atoms with Crippen LogP contribution in [0.4, 0.5) is 0 Å². The first-order chi connectivity index (χ1) is 7.85. The number of ether oxygens (including phenoxy) is 1. The van der Waals surface area contributed by atoms with Gasteiger partial charge in [-0.1, -0.05) is 30.4 Å². The van der Waals surface area contributed by atoms with E-state index in [4.69, 9.17) is 10.00 Å². The average molecular weight is 211 g/mol. The summed E-state index contributed by atoms with van der Waals surface area (Å²) in [6.07, 6.45) is 9.38. The van der Waals surface area contributed by atoms with Crippen LogP contribution in [0.25, 0.3) is 0 Å². The van der Waals surface area contributed by atoms with Crippen LogP contribution in [-0.2, 0) is 0 Å². The molecule has 1 aromatic rings. The number of benzene rings is 1. The lowest BCUT2D eigenvalue weighted by Crippen LogP contribution is -2.00. The van der Waals surface area contributed by atoms with Crippen LogP contribution < -0.4 is 4.74 Å². The lowest BCUT2D eigenvalue weighted by molar-refractivity contribution is 0.407. The molecule has 1 atom stereocenters. The van der Waals surface area contributed by atoms with Gasteiger partial charge in [-0.2, -0.15) is 5.26 Å². The second kappa shape index (κ2) is 4.67. The summed E-state index contributed by atoms with van der Waals surface area (Å²) in [5, 5.41) is 8.83. The molecule has 16 heavy (non-hydrogen) atoms. The van der Waals surface area contributed by atoms with Gasteiger partial charge in [0.05, 0.1) is 18.7 Å². The minimum Gasteiger partial charge on any atom is -0.496 e. The topological polar surface area (TPSA) is 33.0 Å². The molecule has 0 fully saturated rings. The second-order valence-electron chi connectivity index (χ2n) is 3.72. The van der Waals surface area contributed by atoms with E-state index in [0.29, 0.717) is 11.5 Å². The molecule has 0 N–H and O–H groups in total. The number of nitriles is 1. The first kappa shape index (κ1) is 10.5. The van der Waals surface area contributed by atoms with Crippen molar-refractivity contribution in [3.63, 3.8) is 0 Å². The third-order valence-corrected chi connectivity index (χ3v) is 2.74. The minimum absolute atomic E-state index is 0.354. The van der Waals surface area contributed by atoms with Crippen molar-refractivity contribution in [2.45, 2.75) is 12.3 Å². The zero-order valence-electron chi connectivity index (χ0n) is 9.18. The van der Waals surface area contributed by atoms with Gasteiger partial charge in [0.25, 0.3) is 0 Å². The molecule has 0 bridgehead atoms. The van der Waals surface area contributed by atoms with E-state index in [2.05, 4.69) is 18.2 Å². The van der Waals surface area contributed by atoms with Gasteiger partial charge in [0, 0.05) is 11.5 Å². The SMILES string of the molecule is COc1cc(C#N)ccc1C1C=CC=CC1. The van der Waals surface area contributed by atoms with Crippen molar-refractivity contribution in [3.05, 3.63) is 53.6 Å². The Morgan fingerprint density at radius 1 is 1.38 bits per heavy atom. The van der Waals surface area contributed by atoms with E-state index >= 15 is 0 Å². The van der Waals surface area contributed by atoms with Gasteiger partial charge in [-0.05, 0) is 18.6 Å². The number of allylic oxidation sites excluding steroid dienone is 4. The fourth-order valence-electron chi connectivity index (χ4n) is 1.90. The number of nitrogens with zero attached hydrogens (tertiary/aromatic N) is 1. The lowest BCUT2D eigenvalue weighted by Gasteiger charge is -2.16. The summed E-state index contributed by atoms with van der Waals surface area (Å²) in [7, 11) is 1.64. The van der Waals surface area contributed by atoms with Gasteiger partial charge in [0.15, 0.2) is 0 Å². The third kappa shape index (κ3) is 1.99. The molecule has 2 heteroatoms. The van der Waals surface area contributed by atoms with Crippen LogP contribution in [0.3, 0.4) is 0 Å². The van der Waals surface area contributed by atoms with Crippen LogP contribution in [0.2, 0.25) is 0 Å². The van der Waals surface area contributed by atoms with Gasteiger partial charge in [0.2, 0.25) is 0 Å². The van der Waals surface area contributed by atoms with E-state index in [1.54, 1.807) is 13.2 Å². The number of rotatable bonds is 2.